The zero-order chi connectivity index (χ0) is 17.2. The van der Waals surface area contributed by atoms with Crippen molar-refractivity contribution >= 4 is 11.5 Å². The Morgan fingerprint density at radius 1 is 1.00 bits per heavy atom. The summed E-state index contributed by atoms with van der Waals surface area (Å²) in [6.07, 6.45) is 1.19. The lowest BCUT2D eigenvalue weighted by Gasteiger charge is -2.23. The van der Waals surface area contributed by atoms with Gasteiger partial charge in [-0.1, -0.05) is 30.3 Å². The molecule has 6 heteroatoms. The average Bonchev–Trinajstić information content (AvgIpc) is 2.68. The van der Waals surface area contributed by atoms with Crippen LogP contribution in [0.5, 0.6) is 11.5 Å². The predicted molar refractivity (Wildman–Crippen MR) is 92.9 cm³/mol. The van der Waals surface area contributed by atoms with E-state index in [1.54, 1.807) is 11.9 Å². The summed E-state index contributed by atoms with van der Waals surface area (Å²) in [5.74, 6) is 1.52. The molecule has 0 bridgehead atoms. The van der Waals surface area contributed by atoms with Crippen LogP contribution in [-0.4, -0.2) is 30.2 Å². The van der Waals surface area contributed by atoms with Crippen molar-refractivity contribution in [2.75, 3.05) is 25.2 Å². The van der Waals surface area contributed by atoms with Crippen molar-refractivity contribution in [3.63, 3.8) is 0 Å². The molecule has 0 atom stereocenters. The lowest BCUT2D eigenvalue weighted by atomic mass is 10.2. The van der Waals surface area contributed by atoms with Gasteiger partial charge in [-0.2, -0.15) is 0 Å². The van der Waals surface area contributed by atoms with E-state index in [4.69, 9.17) is 9.47 Å². The fourth-order valence-corrected chi connectivity index (χ4v) is 2.68. The first-order chi connectivity index (χ1) is 12.2. The van der Waals surface area contributed by atoms with Crippen LogP contribution in [0.4, 0.5) is 15.9 Å². The van der Waals surface area contributed by atoms with Crippen LogP contribution in [0.1, 0.15) is 0 Å². The molecule has 25 heavy (non-hydrogen) atoms. The van der Waals surface area contributed by atoms with Gasteiger partial charge in [-0.05, 0) is 12.1 Å². The average molecular weight is 337 g/mol. The number of hydrogen-bond acceptors (Lipinski definition) is 5. The smallest absolute Gasteiger partial charge is 0.184 e. The monoisotopic (exact) mass is 337 g/mol. The number of ether oxygens (including phenoxy) is 2. The van der Waals surface area contributed by atoms with Gasteiger partial charge in [-0.3, -0.25) is 0 Å². The molecule has 0 spiro atoms. The van der Waals surface area contributed by atoms with E-state index in [9.17, 15) is 4.39 Å². The number of fused-ring (bicyclic) bond motifs is 1. The molecule has 0 N–H and O–H groups in total. The Hall–Kier alpha value is -3.15. The van der Waals surface area contributed by atoms with E-state index in [0.29, 0.717) is 30.5 Å². The first-order valence-corrected chi connectivity index (χ1v) is 7.94. The third kappa shape index (κ3) is 2.98. The highest BCUT2D eigenvalue weighted by Crippen LogP contribution is 2.36. The zero-order valence-corrected chi connectivity index (χ0v) is 13.6. The van der Waals surface area contributed by atoms with Crippen LogP contribution in [0.15, 0.2) is 54.7 Å². The van der Waals surface area contributed by atoms with Crippen molar-refractivity contribution in [1.29, 1.82) is 0 Å². The largest absolute Gasteiger partial charge is 0.486 e. The number of halogens is 1. The van der Waals surface area contributed by atoms with Crippen LogP contribution in [0, 0.1) is 5.82 Å². The highest BCUT2D eigenvalue weighted by molar-refractivity contribution is 5.66. The summed E-state index contributed by atoms with van der Waals surface area (Å²) in [6, 6.07) is 15.0. The van der Waals surface area contributed by atoms with Gasteiger partial charge in [0, 0.05) is 24.4 Å². The van der Waals surface area contributed by atoms with E-state index in [-0.39, 0.29) is 5.82 Å². The molecule has 5 nitrogen and oxygen atoms in total. The second kappa shape index (κ2) is 6.39. The second-order valence-corrected chi connectivity index (χ2v) is 5.62. The van der Waals surface area contributed by atoms with Gasteiger partial charge < -0.3 is 14.4 Å². The number of hydrogen-bond donors (Lipinski definition) is 0. The molecule has 1 aromatic heterocycles. The summed E-state index contributed by atoms with van der Waals surface area (Å²) in [4.78, 5) is 10.2. The molecule has 4 rings (SSSR count). The summed E-state index contributed by atoms with van der Waals surface area (Å²) < 4.78 is 25.5. The third-order valence-electron chi connectivity index (χ3n) is 3.99. The molecule has 0 saturated carbocycles. The zero-order valence-electron chi connectivity index (χ0n) is 13.6. The van der Waals surface area contributed by atoms with Crippen LogP contribution in [-0.2, 0) is 0 Å². The summed E-state index contributed by atoms with van der Waals surface area (Å²) in [5.41, 5.74) is 1.58. The van der Waals surface area contributed by atoms with Crippen molar-refractivity contribution in [2.45, 2.75) is 0 Å². The molecule has 0 radical (unpaired) electrons. The maximum Gasteiger partial charge on any atom is 0.184 e. The standard InChI is InChI=1S/C19H16FN3O2/c1-23(14-7-8-16-17(11-14)25-10-9-24-16)19-15(20)12-21-18(22-19)13-5-3-2-4-6-13/h2-8,11-12H,9-10H2,1H3. The summed E-state index contributed by atoms with van der Waals surface area (Å²) >= 11 is 0. The van der Waals surface area contributed by atoms with Crippen molar-refractivity contribution < 1.29 is 13.9 Å². The van der Waals surface area contributed by atoms with Gasteiger partial charge >= 0.3 is 0 Å². The maximum absolute atomic E-state index is 14.3. The van der Waals surface area contributed by atoms with Crippen LogP contribution in [0.3, 0.4) is 0 Å². The number of aromatic nitrogens is 2. The molecule has 2 heterocycles. The van der Waals surface area contributed by atoms with Gasteiger partial charge in [-0.25, -0.2) is 14.4 Å². The molecule has 0 fully saturated rings. The van der Waals surface area contributed by atoms with Gasteiger partial charge in [0.05, 0.1) is 6.20 Å². The van der Waals surface area contributed by atoms with Gasteiger partial charge in [0.25, 0.3) is 0 Å². The van der Waals surface area contributed by atoms with Crippen LogP contribution in [0.2, 0.25) is 0 Å². The Morgan fingerprint density at radius 3 is 2.56 bits per heavy atom. The van der Waals surface area contributed by atoms with E-state index in [2.05, 4.69) is 9.97 Å². The van der Waals surface area contributed by atoms with E-state index >= 15 is 0 Å². The molecule has 2 aromatic carbocycles. The molecule has 1 aliphatic heterocycles. The molecule has 1 aliphatic rings. The van der Waals surface area contributed by atoms with Crippen molar-refractivity contribution in [2.24, 2.45) is 0 Å². The second-order valence-electron chi connectivity index (χ2n) is 5.62. The van der Waals surface area contributed by atoms with Crippen LogP contribution < -0.4 is 14.4 Å². The molecular formula is C19H16FN3O2. The van der Waals surface area contributed by atoms with Gasteiger partial charge in [0.1, 0.15) is 13.2 Å². The molecular weight excluding hydrogens is 321 g/mol. The van der Waals surface area contributed by atoms with Crippen LogP contribution >= 0.6 is 0 Å². The molecule has 126 valence electrons. The summed E-state index contributed by atoms with van der Waals surface area (Å²) in [5, 5.41) is 0. The minimum Gasteiger partial charge on any atom is -0.486 e. The normalized spacial score (nSPS) is 12.7. The minimum atomic E-state index is -0.489. The highest BCUT2D eigenvalue weighted by Gasteiger charge is 2.17. The quantitative estimate of drug-likeness (QED) is 0.727. The van der Waals surface area contributed by atoms with Crippen molar-refractivity contribution in [3.8, 4) is 22.9 Å². The van der Waals surface area contributed by atoms with E-state index < -0.39 is 5.82 Å². The van der Waals surface area contributed by atoms with Crippen molar-refractivity contribution in [1.82, 2.24) is 9.97 Å². The third-order valence-corrected chi connectivity index (χ3v) is 3.99. The maximum atomic E-state index is 14.3. The topological polar surface area (TPSA) is 47.5 Å². The van der Waals surface area contributed by atoms with E-state index in [1.807, 2.05) is 48.5 Å². The molecule has 0 amide bonds. The van der Waals surface area contributed by atoms with Gasteiger partial charge in [-0.15, -0.1) is 0 Å². The number of anilines is 2. The number of benzene rings is 2. The molecule has 0 aliphatic carbocycles. The van der Waals surface area contributed by atoms with Gasteiger partial charge in [0.15, 0.2) is 29.0 Å². The Bertz CT molecular complexity index is 902. The fourth-order valence-electron chi connectivity index (χ4n) is 2.68. The summed E-state index contributed by atoms with van der Waals surface area (Å²) in [6.45, 7) is 1.03. The number of nitrogens with zero attached hydrogens (tertiary/aromatic N) is 3. The Morgan fingerprint density at radius 2 is 1.76 bits per heavy atom. The molecule has 0 saturated heterocycles. The Labute approximate surface area is 144 Å². The Balaban J connectivity index is 1.71. The lowest BCUT2D eigenvalue weighted by molar-refractivity contribution is 0.171. The SMILES string of the molecule is CN(c1ccc2c(c1)OCCO2)c1nc(-c2ccccc2)ncc1F. The number of rotatable bonds is 3. The fraction of sp³-hybridized carbons (Fsp3) is 0.158. The summed E-state index contributed by atoms with van der Waals surface area (Å²) in [7, 11) is 1.76. The first-order valence-electron chi connectivity index (χ1n) is 7.94. The molecule has 0 unspecified atom stereocenters. The lowest BCUT2D eigenvalue weighted by Crippen LogP contribution is -2.17. The van der Waals surface area contributed by atoms with Crippen LogP contribution in [0.25, 0.3) is 11.4 Å². The minimum absolute atomic E-state index is 0.200. The van der Waals surface area contributed by atoms with Crippen molar-refractivity contribution in [3.05, 3.63) is 60.5 Å². The van der Waals surface area contributed by atoms with E-state index in [1.165, 1.54) is 6.20 Å². The highest BCUT2D eigenvalue weighted by atomic mass is 19.1. The predicted octanol–water partition coefficient (Wildman–Crippen LogP) is 3.82. The van der Waals surface area contributed by atoms with E-state index in [0.717, 1.165) is 11.3 Å². The Kier molecular flexibility index (Phi) is 3.93. The molecule has 3 aromatic rings. The first kappa shape index (κ1) is 15.4. The van der Waals surface area contributed by atoms with Gasteiger partial charge in [0.2, 0.25) is 0 Å².